The molecule has 0 spiro atoms. The molecule has 0 unspecified atom stereocenters. The van der Waals surface area contributed by atoms with Crippen LogP contribution in [0.4, 0.5) is 0 Å². The third-order valence-corrected chi connectivity index (χ3v) is 5.38. The summed E-state index contributed by atoms with van der Waals surface area (Å²) in [6, 6.07) is 5.87. The van der Waals surface area contributed by atoms with Crippen LogP contribution in [0.25, 0.3) is 10.9 Å². The van der Waals surface area contributed by atoms with Gasteiger partial charge in [0.1, 0.15) is 11.4 Å². The lowest BCUT2D eigenvalue weighted by Crippen LogP contribution is -2.31. The molecule has 3 aromatic rings. The lowest BCUT2D eigenvalue weighted by molar-refractivity contribution is 0.0732. The number of benzene rings is 1. The van der Waals surface area contributed by atoms with Gasteiger partial charge in [-0.1, -0.05) is 22.4 Å². The van der Waals surface area contributed by atoms with E-state index in [1.165, 1.54) is 5.56 Å². The number of amides is 1. The van der Waals surface area contributed by atoms with E-state index in [0.29, 0.717) is 12.1 Å². The van der Waals surface area contributed by atoms with Gasteiger partial charge in [0.05, 0.1) is 17.1 Å². The van der Waals surface area contributed by atoms with Crippen molar-refractivity contribution in [2.45, 2.75) is 46.6 Å². The van der Waals surface area contributed by atoms with Crippen molar-refractivity contribution in [3.8, 4) is 0 Å². The van der Waals surface area contributed by atoms with E-state index in [2.05, 4.69) is 35.2 Å². The maximum Gasteiger partial charge on any atom is 0.255 e. The van der Waals surface area contributed by atoms with Crippen molar-refractivity contribution in [3.05, 3.63) is 52.0 Å². The smallest absolute Gasteiger partial charge is 0.255 e. The SMILES string of the molecule is Cc1cc(C(=O)N2CCC[C@H]2c2nonc2C)c2ccc(C)c(C)c2n1. The molecule has 0 saturated carbocycles. The summed E-state index contributed by atoms with van der Waals surface area (Å²) in [5.74, 6) is 0.0219. The van der Waals surface area contributed by atoms with E-state index in [9.17, 15) is 4.79 Å². The molecule has 3 heterocycles. The van der Waals surface area contributed by atoms with E-state index in [1.807, 2.05) is 30.9 Å². The number of hydrogen-bond donors (Lipinski definition) is 0. The first-order chi connectivity index (χ1) is 12.5. The van der Waals surface area contributed by atoms with Crippen molar-refractivity contribution in [2.75, 3.05) is 6.54 Å². The number of likely N-dealkylation sites (tertiary alicyclic amines) is 1. The van der Waals surface area contributed by atoms with Crippen LogP contribution in [0.15, 0.2) is 22.8 Å². The Labute approximate surface area is 152 Å². The van der Waals surface area contributed by atoms with Gasteiger partial charge in [-0.05, 0) is 57.7 Å². The van der Waals surface area contributed by atoms with Crippen molar-refractivity contribution < 1.29 is 9.42 Å². The predicted molar refractivity (Wildman–Crippen MR) is 98.0 cm³/mol. The Hall–Kier alpha value is -2.76. The first-order valence-corrected chi connectivity index (χ1v) is 8.95. The molecule has 1 fully saturated rings. The maximum absolute atomic E-state index is 13.4. The summed E-state index contributed by atoms with van der Waals surface area (Å²) in [4.78, 5) is 20.0. The molecule has 0 radical (unpaired) electrons. The molecule has 1 aliphatic rings. The Bertz CT molecular complexity index is 1010. The van der Waals surface area contributed by atoms with Gasteiger partial charge in [0.2, 0.25) is 0 Å². The first-order valence-electron chi connectivity index (χ1n) is 8.95. The molecule has 0 N–H and O–H groups in total. The fourth-order valence-corrected chi connectivity index (χ4v) is 3.82. The number of carbonyl (C=O) groups is 1. The highest BCUT2D eigenvalue weighted by Gasteiger charge is 2.34. The lowest BCUT2D eigenvalue weighted by atomic mass is 10.00. The topological polar surface area (TPSA) is 72.1 Å². The second kappa shape index (κ2) is 6.20. The zero-order valence-electron chi connectivity index (χ0n) is 15.5. The van der Waals surface area contributed by atoms with Gasteiger partial charge in [-0.3, -0.25) is 9.78 Å². The molecule has 1 aliphatic heterocycles. The van der Waals surface area contributed by atoms with Crippen LogP contribution in [-0.4, -0.2) is 32.6 Å². The summed E-state index contributed by atoms with van der Waals surface area (Å²) in [6.07, 6.45) is 1.82. The Balaban J connectivity index is 1.81. The molecule has 6 heteroatoms. The number of pyridine rings is 1. The van der Waals surface area contributed by atoms with E-state index in [1.54, 1.807) is 0 Å². The van der Waals surface area contributed by atoms with Crippen LogP contribution in [-0.2, 0) is 0 Å². The fraction of sp³-hybridized carbons (Fsp3) is 0.400. The molecule has 26 heavy (non-hydrogen) atoms. The van der Waals surface area contributed by atoms with Gasteiger partial charge in [-0.15, -0.1) is 0 Å². The monoisotopic (exact) mass is 350 g/mol. The van der Waals surface area contributed by atoms with Crippen LogP contribution in [0.1, 0.15) is 57.5 Å². The average molecular weight is 350 g/mol. The highest BCUT2D eigenvalue weighted by molar-refractivity contribution is 6.07. The van der Waals surface area contributed by atoms with Crippen LogP contribution >= 0.6 is 0 Å². The van der Waals surface area contributed by atoms with E-state index >= 15 is 0 Å². The Morgan fingerprint density at radius 2 is 2.00 bits per heavy atom. The van der Waals surface area contributed by atoms with Gasteiger partial charge >= 0.3 is 0 Å². The molecule has 4 rings (SSSR count). The standard InChI is InChI=1S/C20H22N4O2/c1-11-7-8-15-16(10-12(2)21-18(15)13(11)3)20(25)24-9-5-6-17(24)19-14(4)22-26-23-19/h7-8,10,17H,5-6,9H2,1-4H3/t17-/m0/s1. The number of hydrogen-bond acceptors (Lipinski definition) is 5. The van der Waals surface area contributed by atoms with Crippen LogP contribution in [0, 0.1) is 27.7 Å². The molecule has 0 bridgehead atoms. The van der Waals surface area contributed by atoms with Crippen molar-refractivity contribution in [1.29, 1.82) is 0 Å². The van der Waals surface area contributed by atoms with Crippen molar-refractivity contribution in [1.82, 2.24) is 20.2 Å². The third-order valence-electron chi connectivity index (χ3n) is 5.38. The molecule has 0 aliphatic carbocycles. The minimum Gasteiger partial charge on any atom is -0.330 e. The predicted octanol–water partition coefficient (Wildman–Crippen LogP) is 3.83. The Morgan fingerprint density at radius 3 is 2.73 bits per heavy atom. The second-order valence-electron chi connectivity index (χ2n) is 7.11. The van der Waals surface area contributed by atoms with Gasteiger partial charge in [0.15, 0.2) is 0 Å². The molecule has 2 aromatic heterocycles. The number of nitrogens with zero attached hydrogens (tertiary/aromatic N) is 4. The molecule has 1 amide bonds. The number of aromatic nitrogens is 3. The van der Waals surface area contributed by atoms with Crippen LogP contribution in [0.5, 0.6) is 0 Å². The van der Waals surface area contributed by atoms with Crippen LogP contribution in [0.2, 0.25) is 0 Å². The minimum atomic E-state index is -0.0798. The third kappa shape index (κ3) is 2.57. The molecular formula is C20H22N4O2. The average Bonchev–Trinajstić information content (AvgIpc) is 3.25. The zero-order chi connectivity index (χ0) is 18.4. The Kier molecular flexibility index (Phi) is 3.98. The molecule has 1 aromatic carbocycles. The number of rotatable bonds is 2. The summed E-state index contributed by atoms with van der Waals surface area (Å²) in [6.45, 7) is 8.64. The number of aryl methyl sites for hydroxylation is 4. The van der Waals surface area contributed by atoms with Crippen molar-refractivity contribution in [2.24, 2.45) is 0 Å². The minimum absolute atomic E-state index is 0.0219. The van der Waals surface area contributed by atoms with Gasteiger partial charge in [-0.2, -0.15) is 0 Å². The van der Waals surface area contributed by atoms with E-state index in [-0.39, 0.29) is 11.9 Å². The van der Waals surface area contributed by atoms with Crippen molar-refractivity contribution >= 4 is 16.8 Å². The summed E-state index contributed by atoms with van der Waals surface area (Å²) in [7, 11) is 0. The first kappa shape index (κ1) is 16.7. The van der Waals surface area contributed by atoms with Crippen molar-refractivity contribution in [3.63, 3.8) is 0 Å². The number of carbonyl (C=O) groups excluding carboxylic acids is 1. The summed E-state index contributed by atoms with van der Waals surface area (Å²) in [5.41, 5.74) is 6.27. The molecular weight excluding hydrogens is 328 g/mol. The maximum atomic E-state index is 13.4. The summed E-state index contributed by atoms with van der Waals surface area (Å²) in [5, 5.41) is 8.82. The second-order valence-corrected chi connectivity index (χ2v) is 7.11. The van der Waals surface area contributed by atoms with Crippen LogP contribution in [0.3, 0.4) is 0 Å². The quantitative estimate of drug-likeness (QED) is 0.702. The summed E-state index contributed by atoms with van der Waals surface area (Å²) < 4.78 is 4.86. The highest BCUT2D eigenvalue weighted by Crippen LogP contribution is 2.35. The van der Waals surface area contributed by atoms with E-state index in [4.69, 9.17) is 4.63 Å². The van der Waals surface area contributed by atoms with Gasteiger partial charge in [0, 0.05) is 17.6 Å². The summed E-state index contributed by atoms with van der Waals surface area (Å²) >= 11 is 0. The largest absolute Gasteiger partial charge is 0.330 e. The van der Waals surface area contributed by atoms with Gasteiger partial charge in [-0.25, -0.2) is 4.63 Å². The van der Waals surface area contributed by atoms with Crippen LogP contribution < -0.4 is 0 Å². The van der Waals surface area contributed by atoms with Gasteiger partial charge < -0.3 is 4.90 Å². The zero-order valence-corrected chi connectivity index (χ0v) is 15.5. The molecule has 1 saturated heterocycles. The lowest BCUT2D eigenvalue weighted by Gasteiger charge is -2.24. The van der Waals surface area contributed by atoms with E-state index < -0.39 is 0 Å². The highest BCUT2D eigenvalue weighted by atomic mass is 16.6. The molecule has 134 valence electrons. The fourth-order valence-electron chi connectivity index (χ4n) is 3.82. The van der Waals surface area contributed by atoms with E-state index in [0.717, 1.165) is 46.4 Å². The molecule has 1 atom stereocenters. The number of fused-ring (bicyclic) bond motifs is 1. The Morgan fingerprint density at radius 1 is 1.19 bits per heavy atom. The van der Waals surface area contributed by atoms with Gasteiger partial charge in [0.25, 0.3) is 5.91 Å². The normalized spacial score (nSPS) is 17.2. The molecule has 6 nitrogen and oxygen atoms in total.